The van der Waals surface area contributed by atoms with Crippen LogP contribution in [-0.2, 0) is 34.7 Å². The van der Waals surface area contributed by atoms with E-state index in [1.807, 2.05) is 0 Å². The van der Waals surface area contributed by atoms with Gasteiger partial charge < -0.3 is 29.0 Å². The third-order valence-corrected chi connectivity index (χ3v) is 4.87. The zero-order chi connectivity index (χ0) is 21.2. The van der Waals surface area contributed by atoms with E-state index in [1.54, 1.807) is 27.7 Å². The molecule has 160 valence electrons. The van der Waals surface area contributed by atoms with Gasteiger partial charge in [0.1, 0.15) is 18.3 Å². The lowest BCUT2D eigenvalue weighted by atomic mass is 9.98. The van der Waals surface area contributed by atoms with Crippen LogP contribution in [0.4, 0.5) is 18.9 Å². The van der Waals surface area contributed by atoms with Crippen molar-refractivity contribution in [2.75, 3.05) is 5.32 Å². The molecule has 10 heteroatoms. The van der Waals surface area contributed by atoms with Crippen molar-refractivity contribution in [1.29, 1.82) is 0 Å². The fourth-order valence-corrected chi connectivity index (χ4v) is 3.81. The Balaban J connectivity index is 1.57. The highest BCUT2D eigenvalue weighted by Gasteiger charge is 2.62. The molecule has 3 aliphatic heterocycles. The number of hydrogen-bond acceptors (Lipinski definition) is 6. The number of carbonyl (C=O) groups excluding carboxylic acids is 1. The number of halogens is 3. The Kier molecular flexibility index (Phi) is 4.71. The van der Waals surface area contributed by atoms with Gasteiger partial charge in [-0.25, -0.2) is 0 Å². The first kappa shape index (κ1) is 20.5. The molecule has 4 rings (SSSR count). The van der Waals surface area contributed by atoms with Gasteiger partial charge in [-0.05, 0) is 45.9 Å². The standard InChI is InChI=1S/C19H22F3NO6/c1-17(2)26-11-12(27-17)14-16(29-18(3,4)28-14)25-13(11)15(24)23-10-7-5-6-9(8-10)19(20,21)22/h5-8,11-14,16H,1-4H3,(H,23,24)/t11-,12+,13-,14-,16+/m1/s1. The maximum absolute atomic E-state index is 12.9. The predicted molar refractivity (Wildman–Crippen MR) is 92.6 cm³/mol. The van der Waals surface area contributed by atoms with Crippen molar-refractivity contribution in [1.82, 2.24) is 0 Å². The van der Waals surface area contributed by atoms with Gasteiger partial charge in [-0.2, -0.15) is 13.2 Å². The van der Waals surface area contributed by atoms with E-state index in [4.69, 9.17) is 23.7 Å². The highest BCUT2D eigenvalue weighted by atomic mass is 19.4. The highest BCUT2D eigenvalue weighted by Crippen LogP contribution is 2.44. The van der Waals surface area contributed by atoms with E-state index in [0.717, 1.165) is 12.1 Å². The molecule has 0 saturated carbocycles. The summed E-state index contributed by atoms with van der Waals surface area (Å²) in [7, 11) is 0. The van der Waals surface area contributed by atoms with Crippen LogP contribution in [0.1, 0.15) is 33.3 Å². The second-order valence-corrected chi connectivity index (χ2v) is 8.16. The molecule has 0 spiro atoms. The zero-order valence-corrected chi connectivity index (χ0v) is 16.3. The number of alkyl halides is 3. The first-order valence-electron chi connectivity index (χ1n) is 9.20. The largest absolute Gasteiger partial charge is 0.416 e. The Labute approximate surface area is 165 Å². The summed E-state index contributed by atoms with van der Waals surface area (Å²) in [5, 5.41) is 2.47. The van der Waals surface area contributed by atoms with Gasteiger partial charge in [0.25, 0.3) is 5.91 Å². The lowest BCUT2D eigenvalue weighted by molar-refractivity contribution is -0.229. The Bertz CT molecular complexity index is 811. The number of benzene rings is 1. The summed E-state index contributed by atoms with van der Waals surface area (Å²) in [6.45, 7) is 6.82. The molecule has 0 aliphatic carbocycles. The lowest BCUT2D eigenvalue weighted by Crippen LogP contribution is -2.58. The van der Waals surface area contributed by atoms with Gasteiger partial charge in [0.05, 0.1) is 5.56 Å². The molecular weight excluding hydrogens is 395 g/mol. The number of anilines is 1. The number of nitrogens with one attached hydrogen (secondary N) is 1. The van der Waals surface area contributed by atoms with Crippen LogP contribution in [0.5, 0.6) is 0 Å². The SMILES string of the molecule is CC1(C)O[C@H]2[C@@H](O1)[C@H](C(=O)Nc1cccc(C(F)(F)F)c1)O[C@H]1OC(C)(C)O[C@@H]12. The van der Waals surface area contributed by atoms with Crippen LogP contribution in [0.15, 0.2) is 24.3 Å². The maximum Gasteiger partial charge on any atom is 0.416 e. The van der Waals surface area contributed by atoms with Crippen LogP contribution in [0.2, 0.25) is 0 Å². The van der Waals surface area contributed by atoms with Crippen LogP contribution in [0.3, 0.4) is 0 Å². The van der Waals surface area contributed by atoms with Crippen molar-refractivity contribution in [2.24, 2.45) is 0 Å². The van der Waals surface area contributed by atoms with Gasteiger partial charge in [-0.3, -0.25) is 4.79 Å². The lowest BCUT2D eigenvalue weighted by Gasteiger charge is -2.36. The van der Waals surface area contributed by atoms with Gasteiger partial charge in [0.15, 0.2) is 24.0 Å². The summed E-state index contributed by atoms with van der Waals surface area (Å²) >= 11 is 0. The van der Waals surface area contributed by atoms with Gasteiger partial charge in [0, 0.05) is 5.69 Å². The molecule has 1 aromatic carbocycles. The fraction of sp³-hybridized carbons (Fsp3) is 0.632. The van der Waals surface area contributed by atoms with E-state index in [9.17, 15) is 18.0 Å². The minimum atomic E-state index is -4.52. The summed E-state index contributed by atoms with van der Waals surface area (Å²) < 4.78 is 67.9. The van der Waals surface area contributed by atoms with Gasteiger partial charge >= 0.3 is 6.18 Å². The molecule has 0 bridgehead atoms. The number of ether oxygens (including phenoxy) is 5. The summed E-state index contributed by atoms with van der Waals surface area (Å²) in [6.07, 6.45) is -8.60. The van der Waals surface area contributed by atoms with Crippen molar-refractivity contribution in [3.8, 4) is 0 Å². The summed E-state index contributed by atoms with van der Waals surface area (Å²) in [6, 6.07) is 4.36. The Hall–Kier alpha value is -1.72. The Morgan fingerprint density at radius 2 is 1.59 bits per heavy atom. The third-order valence-electron chi connectivity index (χ3n) is 4.87. The second-order valence-electron chi connectivity index (χ2n) is 8.16. The molecule has 1 amide bonds. The quantitative estimate of drug-likeness (QED) is 0.797. The molecule has 3 saturated heterocycles. The van der Waals surface area contributed by atoms with Crippen molar-refractivity contribution < 1.29 is 41.7 Å². The van der Waals surface area contributed by atoms with Crippen LogP contribution >= 0.6 is 0 Å². The molecule has 3 aliphatic rings. The molecule has 3 heterocycles. The van der Waals surface area contributed by atoms with E-state index >= 15 is 0 Å². The van der Waals surface area contributed by atoms with E-state index < -0.39 is 59.9 Å². The van der Waals surface area contributed by atoms with Crippen LogP contribution in [0.25, 0.3) is 0 Å². The monoisotopic (exact) mass is 417 g/mol. The highest BCUT2D eigenvalue weighted by molar-refractivity contribution is 5.95. The Morgan fingerprint density at radius 3 is 2.28 bits per heavy atom. The summed E-state index contributed by atoms with van der Waals surface area (Å²) in [4.78, 5) is 12.9. The normalized spacial score (nSPS) is 35.1. The van der Waals surface area contributed by atoms with Crippen LogP contribution < -0.4 is 5.32 Å². The molecule has 0 unspecified atom stereocenters. The predicted octanol–water partition coefficient (Wildman–Crippen LogP) is 3.04. The molecule has 1 aromatic rings. The molecule has 3 fully saturated rings. The molecule has 29 heavy (non-hydrogen) atoms. The number of fused-ring (bicyclic) bond motifs is 3. The first-order chi connectivity index (χ1) is 13.3. The number of carbonyl (C=O) groups is 1. The molecule has 0 radical (unpaired) electrons. The van der Waals surface area contributed by atoms with Crippen molar-refractivity contribution in [3.63, 3.8) is 0 Å². The minimum absolute atomic E-state index is 0.00538. The van der Waals surface area contributed by atoms with E-state index in [2.05, 4.69) is 5.32 Å². The van der Waals surface area contributed by atoms with Crippen LogP contribution in [0, 0.1) is 0 Å². The average Bonchev–Trinajstić information content (AvgIpc) is 3.07. The topological polar surface area (TPSA) is 75.3 Å². The molecule has 0 aromatic heterocycles. The molecule has 1 N–H and O–H groups in total. The number of amides is 1. The molecule has 5 atom stereocenters. The van der Waals surface area contributed by atoms with Crippen molar-refractivity contribution >= 4 is 11.6 Å². The number of hydrogen-bond donors (Lipinski definition) is 1. The summed E-state index contributed by atoms with van der Waals surface area (Å²) in [5.74, 6) is -2.59. The average molecular weight is 417 g/mol. The van der Waals surface area contributed by atoms with Gasteiger partial charge in [-0.1, -0.05) is 6.07 Å². The molecular formula is C19H22F3NO6. The van der Waals surface area contributed by atoms with E-state index in [1.165, 1.54) is 12.1 Å². The maximum atomic E-state index is 12.9. The van der Waals surface area contributed by atoms with Gasteiger partial charge in [-0.15, -0.1) is 0 Å². The smallest absolute Gasteiger partial charge is 0.342 e. The van der Waals surface area contributed by atoms with Gasteiger partial charge in [0.2, 0.25) is 0 Å². The number of rotatable bonds is 2. The van der Waals surface area contributed by atoms with E-state index in [0.29, 0.717) is 0 Å². The minimum Gasteiger partial charge on any atom is -0.342 e. The third kappa shape index (κ3) is 3.99. The molecule has 7 nitrogen and oxygen atoms in total. The van der Waals surface area contributed by atoms with Crippen LogP contribution in [-0.4, -0.2) is 48.2 Å². The fourth-order valence-electron chi connectivity index (χ4n) is 3.81. The Morgan fingerprint density at radius 1 is 0.966 bits per heavy atom. The second kappa shape index (κ2) is 6.64. The zero-order valence-electron chi connectivity index (χ0n) is 16.3. The van der Waals surface area contributed by atoms with E-state index in [-0.39, 0.29) is 5.69 Å². The van der Waals surface area contributed by atoms with Crippen molar-refractivity contribution in [2.45, 2.75) is 76.2 Å². The van der Waals surface area contributed by atoms with Crippen molar-refractivity contribution in [3.05, 3.63) is 29.8 Å². The summed E-state index contributed by atoms with van der Waals surface area (Å²) in [5.41, 5.74) is -0.872. The first-order valence-corrected chi connectivity index (χ1v) is 9.20.